The number of ketones is 1. The van der Waals surface area contributed by atoms with E-state index in [1.54, 1.807) is 32.0 Å². The molecule has 138 valence electrons. The average Bonchev–Trinajstić information content (AvgIpc) is 2.54. The van der Waals surface area contributed by atoms with Crippen LogP contribution < -0.4 is 5.73 Å². The molecule has 2 rings (SSSR count). The van der Waals surface area contributed by atoms with Crippen LogP contribution in [-0.4, -0.2) is 17.5 Å². The van der Waals surface area contributed by atoms with Gasteiger partial charge in [-0.05, 0) is 66.3 Å². The van der Waals surface area contributed by atoms with Crippen molar-refractivity contribution in [2.24, 2.45) is 5.73 Å². The first-order valence-corrected chi connectivity index (χ1v) is 9.28. The quantitative estimate of drug-likeness (QED) is 0.441. The fourth-order valence-electron chi connectivity index (χ4n) is 2.71. The fourth-order valence-corrected chi connectivity index (χ4v) is 3.19. The average molecular weight is 490 g/mol. The topological polar surface area (TPSA) is 69.4 Å². The molecule has 1 amide bonds. The molecular weight excluding hydrogens is 472 g/mol. The van der Waals surface area contributed by atoms with Crippen molar-refractivity contribution >= 4 is 46.1 Å². The van der Waals surface area contributed by atoms with Crippen LogP contribution in [0.4, 0.5) is 9.18 Å². The molecule has 2 N–H and O–H groups in total. The Morgan fingerprint density at radius 1 is 1.23 bits per heavy atom. The molecule has 2 aromatic carbocycles. The fraction of sp³-hybridized carbons (Fsp3) is 0.263. The summed E-state index contributed by atoms with van der Waals surface area (Å²) in [6.07, 6.45) is -0.792. The van der Waals surface area contributed by atoms with Crippen LogP contribution >= 0.6 is 34.2 Å². The number of amides is 1. The molecule has 0 aliphatic carbocycles. The van der Waals surface area contributed by atoms with Crippen LogP contribution in [0.3, 0.4) is 0 Å². The van der Waals surface area contributed by atoms with Gasteiger partial charge in [-0.25, -0.2) is 9.18 Å². The van der Waals surface area contributed by atoms with Crippen LogP contribution in [0.2, 0.25) is 5.02 Å². The second-order valence-corrected chi connectivity index (χ2v) is 8.14. The first kappa shape index (κ1) is 20.6. The van der Waals surface area contributed by atoms with Gasteiger partial charge in [0.25, 0.3) is 0 Å². The maximum Gasteiger partial charge on any atom is 0.405 e. The zero-order valence-electron chi connectivity index (χ0n) is 14.3. The normalized spacial score (nSPS) is 12.5. The molecular formula is C19H18ClFINO3. The number of halogens is 3. The van der Waals surface area contributed by atoms with Gasteiger partial charge in [-0.1, -0.05) is 29.8 Å². The van der Waals surface area contributed by atoms with Gasteiger partial charge >= 0.3 is 6.09 Å². The largest absolute Gasteiger partial charge is 0.444 e. The van der Waals surface area contributed by atoms with Crippen molar-refractivity contribution in [1.29, 1.82) is 0 Å². The van der Waals surface area contributed by atoms with Gasteiger partial charge in [-0.3, -0.25) is 4.79 Å². The lowest BCUT2D eigenvalue weighted by atomic mass is 9.82. The maximum absolute atomic E-state index is 14.0. The summed E-state index contributed by atoms with van der Waals surface area (Å²) in [6.45, 7) is 3.30. The van der Waals surface area contributed by atoms with Crippen molar-refractivity contribution in [1.82, 2.24) is 0 Å². The summed E-state index contributed by atoms with van der Waals surface area (Å²) in [5, 5.41) is -0.0261. The lowest BCUT2D eigenvalue weighted by Crippen LogP contribution is -2.34. The smallest absolute Gasteiger partial charge is 0.405 e. The first-order valence-electron chi connectivity index (χ1n) is 7.82. The standard InChI is InChI=1S/C19H18ClFINO3/c1-19(2,26-18(23)25)10-14(12-5-8-15(20)16(21)9-12)17(24)11-3-6-13(22)7-4-11/h3-9,14H,10H2,1-2H3,(H2,23,25). The molecule has 0 heterocycles. The number of rotatable bonds is 6. The lowest BCUT2D eigenvalue weighted by Gasteiger charge is -2.29. The van der Waals surface area contributed by atoms with Gasteiger partial charge < -0.3 is 10.5 Å². The zero-order chi connectivity index (χ0) is 19.5. The zero-order valence-corrected chi connectivity index (χ0v) is 17.2. The Balaban J connectivity index is 2.43. The highest BCUT2D eigenvalue weighted by Crippen LogP contribution is 2.33. The number of hydrogen-bond acceptors (Lipinski definition) is 3. The van der Waals surface area contributed by atoms with Crippen LogP contribution in [0.5, 0.6) is 0 Å². The van der Waals surface area contributed by atoms with E-state index in [1.165, 1.54) is 12.1 Å². The van der Waals surface area contributed by atoms with E-state index in [1.807, 2.05) is 12.1 Å². The summed E-state index contributed by atoms with van der Waals surface area (Å²) in [5.74, 6) is -1.54. The summed E-state index contributed by atoms with van der Waals surface area (Å²) in [4.78, 5) is 24.2. The molecule has 1 atom stereocenters. The summed E-state index contributed by atoms with van der Waals surface area (Å²) in [7, 11) is 0. The highest BCUT2D eigenvalue weighted by atomic mass is 127. The lowest BCUT2D eigenvalue weighted by molar-refractivity contribution is 0.0325. The van der Waals surface area contributed by atoms with Gasteiger partial charge in [0, 0.05) is 15.6 Å². The first-order chi connectivity index (χ1) is 12.1. The van der Waals surface area contributed by atoms with Gasteiger partial charge in [0.05, 0.1) is 10.9 Å². The Labute approximate surface area is 170 Å². The van der Waals surface area contributed by atoms with Gasteiger partial charge in [-0.2, -0.15) is 0 Å². The third-order valence-corrected chi connectivity index (χ3v) is 4.89. The van der Waals surface area contributed by atoms with E-state index in [-0.39, 0.29) is 17.2 Å². The van der Waals surface area contributed by atoms with Crippen molar-refractivity contribution in [3.8, 4) is 0 Å². The molecule has 26 heavy (non-hydrogen) atoms. The summed E-state index contributed by atoms with van der Waals surface area (Å²) < 4.78 is 20.1. The third kappa shape index (κ3) is 5.41. The van der Waals surface area contributed by atoms with E-state index in [9.17, 15) is 14.0 Å². The van der Waals surface area contributed by atoms with Crippen molar-refractivity contribution < 1.29 is 18.7 Å². The highest BCUT2D eigenvalue weighted by Gasteiger charge is 2.32. The number of benzene rings is 2. The van der Waals surface area contributed by atoms with Gasteiger partial charge in [-0.15, -0.1) is 0 Å². The molecule has 0 fully saturated rings. The van der Waals surface area contributed by atoms with Gasteiger partial charge in [0.1, 0.15) is 11.4 Å². The number of carbonyl (C=O) groups excluding carboxylic acids is 2. The number of hydrogen-bond donors (Lipinski definition) is 1. The van der Waals surface area contributed by atoms with Crippen molar-refractivity contribution in [3.63, 3.8) is 0 Å². The Kier molecular flexibility index (Phi) is 6.63. The second kappa shape index (κ2) is 8.35. The minimum absolute atomic E-state index is 0.0261. The van der Waals surface area contributed by atoms with Crippen LogP contribution in [0.15, 0.2) is 42.5 Å². The summed E-state index contributed by atoms with van der Waals surface area (Å²) in [6, 6.07) is 11.3. The Bertz CT molecular complexity index is 824. The number of primary amides is 1. The molecule has 7 heteroatoms. The van der Waals surface area contributed by atoms with E-state index < -0.39 is 23.4 Å². The van der Waals surface area contributed by atoms with Crippen molar-refractivity contribution in [2.45, 2.75) is 31.8 Å². The van der Waals surface area contributed by atoms with Crippen LogP contribution in [0, 0.1) is 9.39 Å². The minimum Gasteiger partial charge on any atom is -0.444 e. The number of carbonyl (C=O) groups is 2. The Morgan fingerprint density at radius 3 is 2.38 bits per heavy atom. The van der Waals surface area contributed by atoms with E-state index >= 15 is 0 Å². The van der Waals surface area contributed by atoms with E-state index in [0.717, 1.165) is 3.57 Å². The Hall–Kier alpha value is -1.67. The summed E-state index contributed by atoms with van der Waals surface area (Å²) >= 11 is 7.90. The minimum atomic E-state index is -1.01. The molecule has 0 aliphatic rings. The van der Waals surface area contributed by atoms with Crippen LogP contribution in [0.25, 0.3) is 0 Å². The third-order valence-electron chi connectivity index (χ3n) is 3.86. The van der Waals surface area contributed by atoms with Gasteiger partial charge in [0.15, 0.2) is 5.78 Å². The molecule has 0 saturated heterocycles. The molecule has 0 radical (unpaired) electrons. The van der Waals surface area contributed by atoms with E-state index in [0.29, 0.717) is 11.1 Å². The van der Waals surface area contributed by atoms with Crippen LogP contribution in [-0.2, 0) is 4.74 Å². The molecule has 0 saturated carbocycles. The molecule has 2 aromatic rings. The number of ether oxygens (including phenoxy) is 1. The van der Waals surface area contributed by atoms with Crippen LogP contribution in [0.1, 0.15) is 42.1 Å². The van der Waals surface area contributed by atoms with Gasteiger partial charge in [0.2, 0.25) is 0 Å². The molecule has 0 bridgehead atoms. The second-order valence-electron chi connectivity index (χ2n) is 6.48. The summed E-state index contributed by atoms with van der Waals surface area (Å²) in [5.41, 5.74) is 5.05. The molecule has 0 aliphatic heterocycles. The molecule has 4 nitrogen and oxygen atoms in total. The predicted octanol–water partition coefficient (Wildman–Crippen LogP) is 5.31. The molecule has 1 unspecified atom stereocenters. The maximum atomic E-state index is 14.0. The Morgan fingerprint density at radius 2 is 1.85 bits per heavy atom. The molecule has 0 spiro atoms. The van der Waals surface area contributed by atoms with E-state index in [2.05, 4.69) is 22.6 Å². The van der Waals surface area contributed by atoms with Crippen molar-refractivity contribution in [3.05, 3.63) is 68.0 Å². The van der Waals surface area contributed by atoms with Crippen molar-refractivity contribution in [2.75, 3.05) is 0 Å². The molecule has 0 aromatic heterocycles. The highest BCUT2D eigenvalue weighted by molar-refractivity contribution is 14.1. The SMILES string of the molecule is CC(C)(CC(C(=O)c1ccc(I)cc1)c1ccc(Cl)c(F)c1)OC(N)=O. The predicted molar refractivity (Wildman–Crippen MR) is 107 cm³/mol. The van der Waals surface area contributed by atoms with E-state index in [4.69, 9.17) is 22.1 Å². The number of Topliss-reactive ketones (excluding diaryl/α,β-unsaturated/α-hetero) is 1. The monoisotopic (exact) mass is 489 g/mol. The number of nitrogens with two attached hydrogens (primary N) is 1.